The molecule has 0 aromatic carbocycles. The number of nitrogens with zero attached hydrogens (tertiary/aromatic N) is 5. The minimum absolute atomic E-state index is 0.0317. The number of hydrogen-bond donors (Lipinski definition) is 2. The van der Waals surface area contributed by atoms with Gasteiger partial charge in [0.15, 0.2) is 0 Å². The second-order valence-electron chi connectivity index (χ2n) is 7.47. The molecular weight excluding hydrogens is 501 g/mol. The molecule has 1 saturated heterocycles. The van der Waals surface area contributed by atoms with Crippen molar-refractivity contribution in [3.8, 4) is 17.3 Å². The van der Waals surface area contributed by atoms with Crippen molar-refractivity contribution in [2.24, 2.45) is 13.0 Å². The molecule has 2 atom stereocenters. The lowest BCUT2D eigenvalue weighted by atomic mass is 10.0. The van der Waals surface area contributed by atoms with Crippen LogP contribution in [0.5, 0.6) is 5.88 Å². The van der Waals surface area contributed by atoms with Crippen molar-refractivity contribution in [1.29, 1.82) is 0 Å². The summed E-state index contributed by atoms with van der Waals surface area (Å²) in [6, 6.07) is 3.60. The van der Waals surface area contributed by atoms with E-state index < -0.39 is 0 Å². The number of aryl methyl sites for hydroxylation is 1. The van der Waals surface area contributed by atoms with Gasteiger partial charge < -0.3 is 15.0 Å². The Bertz CT molecular complexity index is 1360. The minimum atomic E-state index is -0.236. The Morgan fingerprint density at radius 2 is 2.00 bits per heavy atom. The average molecular weight is 519 g/mol. The number of ether oxygens (including phenoxy) is 1. The summed E-state index contributed by atoms with van der Waals surface area (Å²) < 4.78 is 9.45. The predicted molar refractivity (Wildman–Crippen MR) is 118 cm³/mol. The quantitative estimate of drug-likeness (QED) is 0.397. The molecule has 0 unspecified atom stereocenters. The van der Waals surface area contributed by atoms with Crippen molar-refractivity contribution in [2.75, 3.05) is 6.54 Å². The number of carbonyl (C=O) groups is 1. The van der Waals surface area contributed by atoms with Gasteiger partial charge in [-0.15, -0.1) is 0 Å². The van der Waals surface area contributed by atoms with Crippen LogP contribution >= 0.6 is 22.9 Å². The van der Waals surface area contributed by atoms with E-state index in [1.54, 1.807) is 19.8 Å². The maximum absolute atomic E-state index is 12.5. The van der Waals surface area contributed by atoms with E-state index >= 15 is 0 Å². The largest absolute Gasteiger partial charge is 0.474 e. The van der Waals surface area contributed by atoms with E-state index in [1.807, 2.05) is 49.1 Å². The zero-order valence-electron chi connectivity index (χ0n) is 16.2. The molecule has 5 rings (SSSR count). The van der Waals surface area contributed by atoms with Gasteiger partial charge >= 0.3 is 0 Å². The Balaban J connectivity index is 1.60. The molecule has 30 heavy (non-hydrogen) atoms. The highest BCUT2D eigenvalue weighted by molar-refractivity contribution is 14.1. The van der Waals surface area contributed by atoms with Gasteiger partial charge in [-0.3, -0.25) is 14.3 Å². The summed E-state index contributed by atoms with van der Waals surface area (Å²) in [6.07, 6.45) is 3.73. The highest BCUT2D eigenvalue weighted by Crippen LogP contribution is 2.30. The third-order valence-electron chi connectivity index (χ3n) is 5.32. The van der Waals surface area contributed by atoms with Gasteiger partial charge in [-0.25, -0.2) is 7.88 Å². The fraction of sp³-hybridized carbons (Fsp3) is 0.316. The summed E-state index contributed by atoms with van der Waals surface area (Å²) in [5.41, 5.74) is 2.11. The number of amides is 1. The highest BCUT2D eigenvalue weighted by atomic mass is 127. The molecule has 0 spiro atoms. The lowest BCUT2D eigenvalue weighted by Crippen LogP contribution is -2.26. The molecular formula is C19H18IN7O3. The minimum Gasteiger partial charge on any atom is -0.474 e. The van der Waals surface area contributed by atoms with Gasteiger partial charge in [-0.1, -0.05) is 0 Å². The van der Waals surface area contributed by atoms with Gasteiger partial charge in [0.1, 0.15) is 11.6 Å². The van der Waals surface area contributed by atoms with Gasteiger partial charge in [0.05, 0.1) is 50.5 Å². The van der Waals surface area contributed by atoms with Crippen LogP contribution in [0.3, 0.4) is 0 Å². The van der Waals surface area contributed by atoms with Crippen molar-refractivity contribution in [1.82, 2.24) is 33.1 Å². The summed E-state index contributed by atoms with van der Waals surface area (Å²) in [5, 5.41) is 12.9. The molecule has 0 aliphatic carbocycles. The van der Waals surface area contributed by atoms with Gasteiger partial charge in [-0.05, 0) is 19.1 Å². The first-order chi connectivity index (χ1) is 14.4. The summed E-state index contributed by atoms with van der Waals surface area (Å²) in [6.45, 7) is 2.52. The smallest absolute Gasteiger partial charge is 0.259 e. The molecule has 1 amide bonds. The molecule has 4 aromatic rings. The van der Waals surface area contributed by atoms with Crippen molar-refractivity contribution in [2.45, 2.75) is 19.4 Å². The molecule has 1 fully saturated rings. The predicted octanol–water partition coefficient (Wildman–Crippen LogP) is 1.77. The number of fused-ring (bicyclic) bond motifs is 2. The third-order valence-corrected chi connectivity index (χ3v) is 5.81. The fourth-order valence-corrected chi connectivity index (χ4v) is 4.22. The first-order valence-electron chi connectivity index (χ1n) is 9.44. The number of rotatable bonds is 4. The zero-order valence-corrected chi connectivity index (χ0v) is 18.4. The Kier molecular flexibility index (Phi) is 4.49. The Hall–Kier alpha value is -2.96. The maximum Gasteiger partial charge on any atom is 0.259 e. The number of nitrogens with one attached hydrogen (secondary N) is 2. The van der Waals surface area contributed by atoms with Crippen LogP contribution in [0.15, 0.2) is 29.3 Å². The van der Waals surface area contributed by atoms with E-state index in [9.17, 15) is 9.59 Å². The normalized spacial score (nSPS) is 17.6. The second kappa shape index (κ2) is 7.07. The van der Waals surface area contributed by atoms with Gasteiger partial charge in [0.25, 0.3) is 5.56 Å². The Morgan fingerprint density at radius 1 is 1.20 bits per heavy atom. The zero-order chi connectivity index (χ0) is 21.0. The van der Waals surface area contributed by atoms with Crippen LogP contribution in [-0.2, 0) is 11.8 Å². The fourth-order valence-electron chi connectivity index (χ4n) is 3.71. The number of hydrogen-bond acceptors (Lipinski definition) is 6. The van der Waals surface area contributed by atoms with E-state index in [0.29, 0.717) is 46.7 Å². The molecule has 0 radical (unpaired) electrons. The molecule has 154 valence electrons. The van der Waals surface area contributed by atoms with Crippen LogP contribution < -0.4 is 15.6 Å². The molecule has 1 aliphatic heterocycles. The molecule has 5 heterocycles. The summed E-state index contributed by atoms with van der Waals surface area (Å²) in [7, 11) is 1.83. The SMILES string of the molecule is C[C@@H](Oc1nc(-c2cc3nn(I)cc3c(=O)[nH]2)cc2nn(C)cc12)[C@H]1CNC(=O)C1. The maximum atomic E-state index is 12.5. The molecule has 1 aliphatic rings. The number of aromatic nitrogens is 6. The number of pyridine rings is 2. The Labute approximate surface area is 184 Å². The molecule has 0 saturated carbocycles. The molecule has 10 nitrogen and oxygen atoms in total. The first-order valence-corrected chi connectivity index (χ1v) is 10.4. The van der Waals surface area contributed by atoms with E-state index in [2.05, 4.69) is 25.5 Å². The van der Waals surface area contributed by atoms with Crippen LogP contribution in [0.4, 0.5) is 0 Å². The van der Waals surface area contributed by atoms with Crippen LogP contribution in [0.2, 0.25) is 0 Å². The van der Waals surface area contributed by atoms with Crippen molar-refractivity contribution in [3.05, 3.63) is 34.9 Å². The molecule has 2 N–H and O–H groups in total. The molecule has 11 heteroatoms. The number of carbonyl (C=O) groups excluding carboxylic acids is 1. The lowest BCUT2D eigenvalue weighted by molar-refractivity contribution is -0.119. The lowest BCUT2D eigenvalue weighted by Gasteiger charge is -2.19. The highest BCUT2D eigenvalue weighted by Gasteiger charge is 2.29. The average Bonchev–Trinajstić information content (AvgIpc) is 3.38. The molecule has 4 aromatic heterocycles. The van der Waals surface area contributed by atoms with Gasteiger partial charge in [0, 0.05) is 38.3 Å². The van der Waals surface area contributed by atoms with Gasteiger partial charge in [0.2, 0.25) is 11.8 Å². The molecule has 0 bridgehead atoms. The Morgan fingerprint density at radius 3 is 2.77 bits per heavy atom. The van der Waals surface area contributed by atoms with Crippen molar-refractivity contribution >= 4 is 50.6 Å². The number of H-pyrrole nitrogens is 1. The van der Waals surface area contributed by atoms with E-state index in [4.69, 9.17) is 4.74 Å². The van der Waals surface area contributed by atoms with E-state index in [0.717, 1.165) is 5.39 Å². The topological polar surface area (TPSA) is 120 Å². The van der Waals surface area contributed by atoms with Gasteiger partial charge in [-0.2, -0.15) is 10.2 Å². The van der Waals surface area contributed by atoms with Crippen LogP contribution in [0.25, 0.3) is 33.2 Å². The van der Waals surface area contributed by atoms with E-state index in [1.165, 1.54) is 0 Å². The van der Waals surface area contributed by atoms with Crippen LogP contribution in [0.1, 0.15) is 13.3 Å². The third kappa shape index (κ3) is 3.32. The number of aromatic amines is 1. The summed E-state index contributed by atoms with van der Waals surface area (Å²) >= 11 is 2.00. The van der Waals surface area contributed by atoms with Crippen molar-refractivity contribution < 1.29 is 9.53 Å². The summed E-state index contributed by atoms with van der Waals surface area (Å²) in [4.78, 5) is 31.6. The second-order valence-corrected chi connectivity index (χ2v) is 8.46. The monoisotopic (exact) mass is 519 g/mol. The standard InChI is InChI=1S/C19H18IN7O3/c1-9(10-3-17(28)21-6-10)30-19-12-7-26(2)24-14(12)5-16(23-19)15-4-13-11(18(29)22-15)8-27(20)25-13/h4-5,7-10H,3,6H2,1-2H3,(H,21,28)(H,22,29)/t9-,10-/m1/s1. The van der Waals surface area contributed by atoms with Crippen LogP contribution in [0, 0.1) is 5.92 Å². The van der Waals surface area contributed by atoms with Crippen molar-refractivity contribution in [3.63, 3.8) is 0 Å². The first kappa shape index (κ1) is 19.0. The van der Waals surface area contributed by atoms with E-state index in [-0.39, 0.29) is 23.5 Å². The number of halogens is 1. The summed E-state index contributed by atoms with van der Waals surface area (Å²) in [5.74, 6) is 0.519. The van der Waals surface area contributed by atoms with Crippen LogP contribution in [-0.4, -0.2) is 46.3 Å².